The van der Waals surface area contributed by atoms with Crippen molar-refractivity contribution in [3.8, 4) is 11.4 Å². The molecule has 0 aliphatic carbocycles. The summed E-state index contributed by atoms with van der Waals surface area (Å²) in [6.45, 7) is 4.69. The molecule has 0 fully saturated rings. The monoisotopic (exact) mass is 377 g/mol. The standard InChI is InChI=1S/C15H16BrN5S/c1-8(17)7-19-15-13-12(11(16)9(2)22-13)20-14(21-15)10-3-5-18-6-4-10/h3-6,8H,7,17H2,1-2H3,(H,19,20,21)/t8-/m0/s1. The highest BCUT2D eigenvalue weighted by Gasteiger charge is 2.16. The lowest BCUT2D eigenvalue weighted by Gasteiger charge is -2.10. The predicted octanol–water partition coefficient (Wildman–Crippen LogP) is 3.58. The lowest BCUT2D eigenvalue weighted by molar-refractivity contribution is 0.778. The van der Waals surface area contributed by atoms with E-state index in [9.17, 15) is 0 Å². The second kappa shape index (κ2) is 6.28. The van der Waals surface area contributed by atoms with E-state index in [1.165, 1.54) is 4.88 Å². The van der Waals surface area contributed by atoms with Crippen LogP contribution in [0.3, 0.4) is 0 Å². The van der Waals surface area contributed by atoms with Crippen molar-refractivity contribution < 1.29 is 0 Å². The summed E-state index contributed by atoms with van der Waals surface area (Å²) < 4.78 is 2.07. The molecule has 0 radical (unpaired) electrons. The van der Waals surface area contributed by atoms with Gasteiger partial charge in [-0.15, -0.1) is 11.3 Å². The number of hydrogen-bond donors (Lipinski definition) is 2. The fourth-order valence-corrected chi connectivity index (χ4v) is 3.68. The van der Waals surface area contributed by atoms with Crippen LogP contribution >= 0.6 is 27.3 Å². The van der Waals surface area contributed by atoms with E-state index in [0.717, 1.165) is 26.1 Å². The van der Waals surface area contributed by atoms with Crippen molar-refractivity contribution in [1.29, 1.82) is 0 Å². The Morgan fingerprint density at radius 3 is 2.73 bits per heavy atom. The van der Waals surface area contributed by atoms with E-state index in [0.29, 0.717) is 12.4 Å². The zero-order chi connectivity index (χ0) is 15.7. The van der Waals surface area contributed by atoms with Crippen molar-refractivity contribution in [2.75, 3.05) is 11.9 Å². The molecule has 0 bridgehead atoms. The van der Waals surface area contributed by atoms with Gasteiger partial charge in [0.15, 0.2) is 5.82 Å². The van der Waals surface area contributed by atoms with Gasteiger partial charge in [0.2, 0.25) is 0 Å². The number of hydrogen-bond acceptors (Lipinski definition) is 6. The third kappa shape index (κ3) is 2.97. The minimum Gasteiger partial charge on any atom is -0.367 e. The molecule has 3 N–H and O–H groups in total. The van der Waals surface area contributed by atoms with E-state index in [2.05, 4.69) is 38.1 Å². The molecular weight excluding hydrogens is 362 g/mol. The van der Waals surface area contributed by atoms with Crippen LogP contribution in [0.5, 0.6) is 0 Å². The zero-order valence-corrected chi connectivity index (χ0v) is 14.7. The number of aryl methyl sites for hydroxylation is 1. The van der Waals surface area contributed by atoms with Crippen LogP contribution in [-0.2, 0) is 0 Å². The zero-order valence-electron chi connectivity index (χ0n) is 12.3. The Hall–Kier alpha value is -1.57. The van der Waals surface area contributed by atoms with Crippen LogP contribution in [-0.4, -0.2) is 27.5 Å². The van der Waals surface area contributed by atoms with E-state index in [4.69, 9.17) is 10.7 Å². The first kappa shape index (κ1) is 15.3. The Bertz CT molecular complexity index is 801. The highest BCUT2D eigenvalue weighted by atomic mass is 79.9. The highest BCUT2D eigenvalue weighted by molar-refractivity contribution is 9.10. The van der Waals surface area contributed by atoms with Crippen molar-refractivity contribution in [2.45, 2.75) is 19.9 Å². The second-order valence-electron chi connectivity index (χ2n) is 5.14. The van der Waals surface area contributed by atoms with E-state index in [1.54, 1.807) is 23.7 Å². The summed E-state index contributed by atoms with van der Waals surface area (Å²) >= 11 is 5.30. The molecule has 0 saturated carbocycles. The molecule has 22 heavy (non-hydrogen) atoms. The number of thiophene rings is 1. The lowest BCUT2D eigenvalue weighted by atomic mass is 10.2. The van der Waals surface area contributed by atoms with Gasteiger partial charge in [-0.25, -0.2) is 9.97 Å². The van der Waals surface area contributed by atoms with Crippen molar-refractivity contribution in [3.63, 3.8) is 0 Å². The van der Waals surface area contributed by atoms with E-state index >= 15 is 0 Å². The molecule has 114 valence electrons. The molecule has 0 aromatic carbocycles. The Morgan fingerprint density at radius 1 is 1.32 bits per heavy atom. The topological polar surface area (TPSA) is 76.7 Å². The molecule has 3 rings (SSSR count). The lowest BCUT2D eigenvalue weighted by Crippen LogP contribution is -2.25. The quantitative estimate of drug-likeness (QED) is 0.726. The number of halogens is 1. The number of nitrogens with two attached hydrogens (primary N) is 1. The van der Waals surface area contributed by atoms with Crippen LogP contribution in [0.4, 0.5) is 5.82 Å². The number of rotatable bonds is 4. The van der Waals surface area contributed by atoms with Crippen LogP contribution in [0.15, 0.2) is 29.0 Å². The molecule has 3 heterocycles. The molecule has 0 spiro atoms. The fraction of sp³-hybridized carbons (Fsp3) is 0.267. The van der Waals surface area contributed by atoms with E-state index in [1.807, 2.05) is 19.1 Å². The maximum absolute atomic E-state index is 5.85. The minimum atomic E-state index is 0.0545. The summed E-state index contributed by atoms with van der Waals surface area (Å²) in [7, 11) is 0. The number of anilines is 1. The summed E-state index contributed by atoms with van der Waals surface area (Å²) in [5.41, 5.74) is 7.72. The summed E-state index contributed by atoms with van der Waals surface area (Å²) in [5.74, 6) is 1.51. The van der Waals surface area contributed by atoms with Gasteiger partial charge in [-0.2, -0.15) is 0 Å². The third-order valence-corrected chi connectivity index (χ3v) is 5.50. The van der Waals surface area contributed by atoms with Crippen molar-refractivity contribution in [3.05, 3.63) is 33.9 Å². The van der Waals surface area contributed by atoms with Gasteiger partial charge in [-0.1, -0.05) is 0 Å². The van der Waals surface area contributed by atoms with Crippen LogP contribution in [0.25, 0.3) is 21.6 Å². The molecule has 3 aromatic rings. The van der Waals surface area contributed by atoms with Gasteiger partial charge in [-0.3, -0.25) is 4.98 Å². The number of nitrogens with zero attached hydrogens (tertiary/aromatic N) is 3. The minimum absolute atomic E-state index is 0.0545. The van der Waals surface area contributed by atoms with Gasteiger partial charge in [0.05, 0.1) is 9.17 Å². The molecule has 0 unspecified atom stereocenters. The summed E-state index contributed by atoms with van der Waals surface area (Å²) in [6.07, 6.45) is 3.48. The van der Waals surface area contributed by atoms with Gasteiger partial charge in [0, 0.05) is 35.4 Å². The second-order valence-corrected chi connectivity index (χ2v) is 7.16. The maximum atomic E-state index is 5.85. The summed E-state index contributed by atoms with van der Waals surface area (Å²) in [4.78, 5) is 14.6. The summed E-state index contributed by atoms with van der Waals surface area (Å²) in [5, 5.41) is 3.34. The first-order chi connectivity index (χ1) is 10.6. The highest BCUT2D eigenvalue weighted by Crippen LogP contribution is 2.38. The average molecular weight is 378 g/mol. The molecule has 0 aliphatic rings. The molecular formula is C15H16BrN5S. The Morgan fingerprint density at radius 2 is 2.05 bits per heavy atom. The van der Waals surface area contributed by atoms with Crippen LogP contribution in [0.2, 0.25) is 0 Å². The van der Waals surface area contributed by atoms with Gasteiger partial charge in [0.1, 0.15) is 11.3 Å². The largest absolute Gasteiger partial charge is 0.367 e. The first-order valence-corrected chi connectivity index (χ1v) is 8.53. The Balaban J connectivity index is 2.16. The number of nitrogens with one attached hydrogen (secondary N) is 1. The number of fused-ring (bicyclic) bond motifs is 1. The Kier molecular flexibility index (Phi) is 4.37. The number of aromatic nitrogens is 3. The normalized spacial score (nSPS) is 12.5. The molecule has 1 atom stereocenters. The average Bonchev–Trinajstić information content (AvgIpc) is 2.81. The molecule has 0 saturated heterocycles. The van der Waals surface area contributed by atoms with Crippen molar-refractivity contribution in [2.24, 2.45) is 5.73 Å². The van der Waals surface area contributed by atoms with E-state index in [-0.39, 0.29) is 6.04 Å². The Labute approximate surface area is 141 Å². The fourth-order valence-electron chi connectivity index (χ4n) is 2.07. The number of pyridine rings is 1. The van der Waals surface area contributed by atoms with Crippen LogP contribution < -0.4 is 11.1 Å². The summed E-state index contributed by atoms with van der Waals surface area (Å²) in [6, 6.07) is 3.87. The SMILES string of the molecule is Cc1sc2c(NC[C@H](C)N)nc(-c3ccncc3)nc2c1Br. The van der Waals surface area contributed by atoms with Gasteiger partial charge < -0.3 is 11.1 Å². The third-order valence-electron chi connectivity index (χ3n) is 3.17. The van der Waals surface area contributed by atoms with Crippen LogP contribution in [0, 0.1) is 6.92 Å². The molecule has 5 nitrogen and oxygen atoms in total. The van der Waals surface area contributed by atoms with Gasteiger partial charge in [0.25, 0.3) is 0 Å². The van der Waals surface area contributed by atoms with Gasteiger partial charge >= 0.3 is 0 Å². The molecule has 7 heteroatoms. The smallest absolute Gasteiger partial charge is 0.162 e. The molecule has 0 amide bonds. The predicted molar refractivity (Wildman–Crippen MR) is 95.2 cm³/mol. The van der Waals surface area contributed by atoms with Crippen LogP contribution in [0.1, 0.15) is 11.8 Å². The van der Waals surface area contributed by atoms with Crippen molar-refractivity contribution >= 4 is 43.3 Å². The maximum Gasteiger partial charge on any atom is 0.162 e. The molecule has 3 aromatic heterocycles. The first-order valence-electron chi connectivity index (χ1n) is 6.92. The van der Waals surface area contributed by atoms with Crippen molar-refractivity contribution in [1.82, 2.24) is 15.0 Å². The van der Waals surface area contributed by atoms with E-state index < -0.39 is 0 Å². The van der Waals surface area contributed by atoms with Gasteiger partial charge in [-0.05, 0) is 41.9 Å². The molecule has 0 aliphatic heterocycles.